The molecule has 12 aromatic rings. The Bertz CT molecular complexity index is 2710. The monoisotopic (exact) mass is 1260 g/mol. The molecule has 12 rings (SSSR count). The van der Waals surface area contributed by atoms with Crippen LogP contribution in [-0.2, 0) is 20.4 Å². The number of carbonyl (C=O) groups is 1. The molecule has 404 valence electrons. The van der Waals surface area contributed by atoms with Crippen molar-refractivity contribution >= 4 is 101 Å². The Morgan fingerprint density at radius 1 is 0.195 bits per heavy atom. The van der Waals surface area contributed by atoms with Crippen LogP contribution in [0.1, 0.15) is 1.43 Å². The van der Waals surface area contributed by atoms with Gasteiger partial charge in [-0.05, 0) is 146 Å². The smallest absolute Gasteiger partial charge is 1.00 e. The zero-order valence-corrected chi connectivity index (χ0v) is 54.4. The molecule has 9 heteroatoms. The zero-order valence-electron chi connectivity index (χ0n) is 46.8. The quantitative estimate of drug-likeness (QED) is 0.0947. The molecule has 0 spiro atoms. The van der Waals surface area contributed by atoms with Crippen LogP contribution in [0.5, 0.6) is 0 Å². The standard InChI is InChI=1S/4C18H15P.CH2O3.K.Pd.H/c4*1-4-10-16(11-5-1)19(17-12-6-2-7-13-17)18-14-8-3-9-15-18;2-1(3)4;;;/h4*1-15H;(H2,2,3,4);;;/q;;;;;+1;;-1/p+4. The second-order valence-corrected chi connectivity index (χ2v) is 28.1. The van der Waals surface area contributed by atoms with Crippen LogP contribution < -0.4 is 115 Å². The van der Waals surface area contributed by atoms with Crippen molar-refractivity contribution in [1.29, 1.82) is 0 Å². The molecule has 2 N–H and O–H groups in total. The molecular weight excluding hydrogens is 1190 g/mol. The van der Waals surface area contributed by atoms with Gasteiger partial charge in [0.1, 0.15) is 63.7 Å². The maximum Gasteiger partial charge on any atom is 1.00 e. The van der Waals surface area contributed by atoms with Gasteiger partial charge in [-0.3, -0.25) is 0 Å². The minimum atomic E-state index is -1.83. The molecule has 0 aliphatic heterocycles. The fourth-order valence-electron chi connectivity index (χ4n) is 9.26. The summed E-state index contributed by atoms with van der Waals surface area (Å²) in [6, 6.07) is 130. The maximum absolute atomic E-state index is 8.56. The first-order valence-electron chi connectivity index (χ1n) is 26.6. The minimum Gasteiger partial charge on any atom is -1.00 e. The first kappa shape index (κ1) is 65.1. The maximum atomic E-state index is 8.56. The molecule has 12 aromatic carbocycles. The second-order valence-electron chi connectivity index (χ2n) is 18.2. The predicted molar refractivity (Wildman–Crippen MR) is 358 cm³/mol. The van der Waals surface area contributed by atoms with E-state index in [9.17, 15) is 0 Å². The van der Waals surface area contributed by atoms with Gasteiger partial charge in [0.25, 0.3) is 0 Å². The molecule has 82 heavy (non-hydrogen) atoms. The van der Waals surface area contributed by atoms with Gasteiger partial charge in [-0.25, -0.2) is 4.79 Å². The summed E-state index contributed by atoms with van der Waals surface area (Å²) in [7, 11) is -3.51. The average Bonchev–Trinajstić information content (AvgIpc) is 3.62. The van der Waals surface area contributed by atoms with Gasteiger partial charge in [0, 0.05) is 20.4 Å². The van der Waals surface area contributed by atoms with Crippen LogP contribution in [0, 0.1) is 0 Å². The summed E-state index contributed by atoms with van der Waals surface area (Å²) in [5.41, 5.74) is 0. The van der Waals surface area contributed by atoms with Crippen LogP contribution in [0.3, 0.4) is 0 Å². The molecule has 3 nitrogen and oxygen atoms in total. The summed E-state index contributed by atoms with van der Waals surface area (Å²) in [5.74, 6) is 0. The molecule has 0 aliphatic carbocycles. The normalized spacial score (nSPS) is 10.1. The number of benzene rings is 12. The van der Waals surface area contributed by atoms with E-state index in [0.717, 1.165) is 0 Å². The summed E-state index contributed by atoms with van der Waals surface area (Å²) >= 11 is 0. The summed E-state index contributed by atoms with van der Waals surface area (Å²) in [6.45, 7) is 0. The van der Waals surface area contributed by atoms with Gasteiger partial charge in [-0.15, -0.1) is 0 Å². The molecule has 0 fully saturated rings. The van der Waals surface area contributed by atoms with E-state index in [1.807, 2.05) is 0 Å². The number of rotatable bonds is 12. The fourth-order valence-corrected chi connectivity index (χ4v) is 19.6. The molecule has 0 bridgehead atoms. The fraction of sp³-hybridized carbons (Fsp3) is 0. The molecule has 0 aromatic heterocycles. The van der Waals surface area contributed by atoms with Crippen molar-refractivity contribution in [2.24, 2.45) is 0 Å². The van der Waals surface area contributed by atoms with E-state index in [0.29, 0.717) is 0 Å². The third kappa shape index (κ3) is 20.7. The van der Waals surface area contributed by atoms with Gasteiger partial charge in [-0.1, -0.05) is 218 Å². The van der Waals surface area contributed by atoms with E-state index in [-0.39, 0.29) is 73.2 Å². The molecule has 0 aliphatic rings. The molecule has 0 radical (unpaired) electrons. The third-order valence-electron chi connectivity index (χ3n) is 12.7. The molecular formula is C73H67KO3P4Pd+4. The van der Waals surface area contributed by atoms with Crippen molar-refractivity contribution in [3.05, 3.63) is 364 Å². The molecule has 0 heterocycles. The number of carboxylic acid groups (broad SMARTS) is 2. The molecule has 0 atom stereocenters. The number of hydrogen-bond donors (Lipinski definition) is 2. The van der Waals surface area contributed by atoms with Crippen LogP contribution in [0.4, 0.5) is 4.79 Å². The Kier molecular flexibility index (Phi) is 29.5. The van der Waals surface area contributed by atoms with Gasteiger partial charge < -0.3 is 11.6 Å². The van der Waals surface area contributed by atoms with Crippen molar-refractivity contribution in [2.45, 2.75) is 0 Å². The van der Waals surface area contributed by atoms with Crippen molar-refractivity contribution in [3.63, 3.8) is 0 Å². The van der Waals surface area contributed by atoms with Gasteiger partial charge in [0.2, 0.25) is 0 Å². The van der Waals surface area contributed by atoms with Gasteiger partial charge in [-0.2, -0.15) is 0 Å². The SMILES string of the molecule is O=C(O)O.[H-].[K+].[Pd].c1ccc([PH+](c2ccccc2)c2ccccc2)cc1.c1ccc([PH+](c2ccccc2)c2ccccc2)cc1.c1ccc([PH+](c2ccccc2)c2ccccc2)cc1.c1ccc([PH+](c2ccccc2)c2ccccc2)cc1. The topological polar surface area (TPSA) is 57.5 Å². The predicted octanol–water partition coefficient (Wildman–Crippen LogP) is 10.0. The second kappa shape index (κ2) is 37.2. The van der Waals surface area contributed by atoms with Crippen LogP contribution in [0.15, 0.2) is 364 Å². The first-order valence-corrected chi connectivity index (χ1v) is 32.6. The Balaban J connectivity index is 0.000000196. The van der Waals surface area contributed by atoms with Crippen LogP contribution >= 0.6 is 31.7 Å². The summed E-state index contributed by atoms with van der Waals surface area (Å²) in [4.78, 5) is 8.56. The van der Waals surface area contributed by atoms with Crippen LogP contribution in [0.25, 0.3) is 0 Å². The van der Waals surface area contributed by atoms with Gasteiger partial charge in [0.15, 0.2) is 0 Å². The molecule has 0 amide bonds. The minimum absolute atomic E-state index is 0. The van der Waals surface area contributed by atoms with E-state index >= 15 is 0 Å². The zero-order chi connectivity index (χ0) is 55.2. The Morgan fingerprint density at radius 2 is 0.256 bits per heavy atom. The number of hydrogen-bond acceptors (Lipinski definition) is 1. The van der Waals surface area contributed by atoms with E-state index < -0.39 is 37.8 Å². The molecule has 0 unspecified atom stereocenters. The average molecular weight is 1260 g/mol. The Morgan fingerprint density at radius 3 is 0.317 bits per heavy atom. The molecule has 0 saturated carbocycles. The van der Waals surface area contributed by atoms with Crippen molar-refractivity contribution in [1.82, 2.24) is 0 Å². The van der Waals surface area contributed by atoms with E-state index in [4.69, 9.17) is 15.0 Å². The van der Waals surface area contributed by atoms with E-state index in [1.165, 1.54) is 63.7 Å². The summed E-state index contributed by atoms with van der Waals surface area (Å²) in [6.07, 6.45) is -1.83. The van der Waals surface area contributed by atoms with Crippen molar-refractivity contribution < 1.29 is 88.2 Å². The first-order chi connectivity index (χ1) is 39.5. The van der Waals surface area contributed by atoms with E-state index in [2.05, 4.69) is 364 Å². The summed E-state index contributed by atoms with van der Waals surface area (Å²) < 4.78 is 0. The van der Waals surface area contributed by atoms with Gasteiger partial charge in [0.05, 0.1) is 31.7 Å². The van der Waals surface area contributed by atoms with Crippen molar-refractivity contribution in [2.75, 3.05) is 0 Å². The Labute approximate surface area is 547 Å². The van der Waals surface area contributed by atoms with Gasteiger partial charge >= 0.3 is 57.5 Å². The Hall–Kier alpha value is -6.07. The summed E-state index contributed by atoms with van der Waals surface area (Å²) in [5, 5.41) is 31.2. The van der Waals surface area contributed by atoms with Crippen LogP contribution in [-0.4, -0.2) is 16.4 Å². The van der Waals surface area contributed by atoms with E-state index in [1.54, 1.807) is 0 Å². The third-order valence-corrected chi connectivity index (χ3v) is 23.7. The molecule has 0 saturated heterocycles. The largest absolute Gasteiger partial charge is 1.00 e. The van der Waals surface area contributed by atoms with Crippen molar-refractivity contribution in [3.8, 4) is 0 Å². The van der Waals surface area contributed by atoms with Crippen LogP contribution in [0.2, 0.25) is 0 Å².